The maximum atomic E-state index is 11.8. The second kappa shape index (κ2) is 5.80. The van der Waals surface area contributed by atoms with Gasteiger partial charge in [0.05, 0.1) is 9.90 Å². The number of carbonyl (C=O) groups excluding carboxylic acids is 1. The maximum absolute atomic E-state index is 11.8. The summed E-state index contributed by atoms with van der Waals surface area (Å²) in [7, 11) is 0. The summed E-state index contributed by atoms with van der Waals surface area (Å²) in [5.74, 6) is -0.234. The van der Waals surface area contributed by atoms with Gasteiger partial charge in [0, 0.05) is 0 Å². The highest BCUT2D eigenvalue weighted by Gasteiger charge is 2.18. The molecule has 3 heterocycles. The molecule has 0 saturated heterocycles. The normalized spacial score (nSPS) is 10.8. The number of amides is 1. The molecule has 108 valence electrons. The molecule has 0 aromatic carbocycles. The van der Waals surface area contributed by atoms with E-state index in [9.17, 15) is 4.79 Å². The summed E-state index contributed by atoms with van der Waals surface area (Å²) in [6.45, 7) is 0. The van der Waals surface area contributed by atoms with Crippen LogP contribution in [0.5, 0.6) is 0 Å². The number of nitrogens with zero attached hydrogens (tertiary/aromatic N) is 2. The van der Waals surface area contributed by atoms with Gasteiger partial charge in [-0.05, 0) is 34.1 Å². The summed E-state index contributed by atoms with van der Waals surface area (Å²) < 4.78 is 11.8. The van der Waals surface area contributed by atoms with Crippen LogP contribution in [0.3, 0.4) is 0 Å². The molecule has 0 aliphatic heterocycles. The van der Waals surface area contributed by atoms with Gasteiger partial charge in [-0.25, -0.2) is 0 Å². The van der Waals surface area contributed by atoms with E-state index in [0.717, 1.165) is 0 Å². The van der Waals surface area contributed by atoms with E-state index in [2.05, 4.69) is 31.4 Å². The predicted octanol–water partition coefficient (Wildman–Crippen LogP) is 4.71. The molecule has 0 radical (unpaired) electrons. The van der Waals surface area contributed by atoms with Crippen molar-refractivity contribution >= 4 is 62.4 Å². The van der Waals surface area contributed by atoms with E-state index in [1.165, 1.54) is 17.4 Å². The zero-order valence-electron chi connectivity index (χ0n) is 9.89. The van der Waals surface area contributed by atoms with Gasteiger partial charge in [-0.3, -0.25) is 10.1 Å². The molecule has 3 aromatic rings. The van der Waals surface area contributed by atoms with Crippen LogP contribution in [0, 0.1) is 0 Å². The number of furan rings is 1. The molecule has 6 nitrogen and oxygen atoms in total. The minimum absolute atomic E-state index is 0.0686. The van der Waals surface area contributed by atoms with Crippen molar-refractivity contribution in [2.45, 2.75) is 0 Å². The lowest BCUT2D eigenvalue weighted by Crippen LogP contribution is -2.10. The second-order valence-electron chi connectivity index (χ2n) is 3.71. The van der Waals surface area contributed by atoms with E-state index in [1.54, 1.807) is 12.1 Å². The summed E-state index contributed by atoms with van der Waals surface area (Å²) in [5.41, 5.74) is 0.514. The minimum atomic E-state index is -0.509. The Kier molecular flexibility index (Phi) is 4.03. The topological polar surface area (TPSA) is 81.2 Å². The number of aromatic nitrogens is 2. The SMILES string of the molecule is O=C(Nc1nnc(-c2cc(Cl)sc2Cl)o1)c1ccc(Br)o1. The molecule has 0 unspecified atom stereocenters. The fraction of sp³-hybridized carbons (Fsp3) is 0. The fourth-order valence-corrected chi connectivity index (χ4v) is 3.22. The summed E-state index contributed by atoms with van der Waals surface area (Å²) in [6.07, 6.45) is 0. The van der Waals surface area contributed by atoms with E-state index < -0.39 is 5.91 Å². The number of carbonyl (C=O) groups is 1. The smallest absolute Gasteiger partial charge is 0.322 e. The number of hydrogen-bond donors (Lipinski definition) is 1. The Balaban J connectivity index is 1.79. The fourth-order valence-electron chi connectivity index (χ4n) is 1.46. The number of rotatable bonds is 3. The summed E-state index contributed by atoms with van der Waals surface area (Å²) in [4.78, 5) is 11.8. The first-order valence-corrected chi connectivity index (χ1v) is 7.75. The Morgan fingerprint density at radius 3 is 2.71 bits per heavy atom. The van der Waals surface area contributed by atoms with Gasteiger partial charge in [-0.15, -0.1) is 16.4 Å². The number of halogens is 3. The largest absolute Gasteiger partial charge is 0.444 e. The molecule has 0 saturated carbocycles. The first-order valence-electron chi connectivity index (χ1n) is 5.38. The van der Waals surface area contributed by atoms with Crippen LogP contribution in [0.15, 0.2) is 31.7 Å². The third kappa shape index (κ3) is 3.13. The van der Waals surface area contributed by atoms with Gasteiger partial charge >= 0.3 is 6.01 Å². The lowest BCUT2D eigenvalue weighted by Gasteiger charge is -1.95. The minimum Gasteiger partial charge on any atom is -0.444 e. The molecule has 1 N–H and O–H groups in total. The van der Waals surface area contributed by atoms with E-state index >= 15 is 0 Å². The van der Waals surface area contributed by atoms with E-state index in [1.807, 2.05) is 0 Å². The van der Waals surface area contributed by atoms with Crippen molar-refractivity contribution in [2.24, 2.45) is 0 Å². The molecular weight excluding hydrogens is 405 g/mol. The summed E-state index contributed by atoms with van der Waals surface area (Å²) >= 11 is 16.1. The molecule has 10 heteroatoms. The predicted molar refractivity (Wildman–Crippen MR) is 82.0 cm³/mol. The molecule has 21 heavy (non-hydrogen) atoms. The Morgan fingerprint density at radius 2 is 2.10 bits per heavy atom. The molecule has 0 aliphatic rings. The van der Waals surface area contributed by atoms with Crippen molar-refractivity contribution in [3.63, 3.8) is 0 Å². The van der Waals surface area contributed by atoms with E-state index in [-0.39, 0.29) is 17.7 Å². The first kappa shape index (κ1) is 14.6. The summed E-state index contributed by atoms with van der Waals surface area (Å²) in [5, 5.41) is 9.94. The third-order valence-electron chi connectivity index (χ3n) is 2.33. The highest BCUT2D eigenvalue weighted by atomic mass is 79.9. The average Bonchev–Trinajstić information content (AvgIpc) is 3.10. The standard InChI is InChI=1S/C11H4BrCl2N3O3S/c12-6-2-1-5(19-6)9(18)15-11-17-16-10(20-11)4-3-7(13)21-8(4)14/h1-3H,(H,15,17,18). The lowest BCUT2D eigenvalue weighted by atomic mass is 10.3. The van der Waals surface area contributed by atoms with Crippen molar-refractivity contribution in [1.82, 2.24) is 10.2 Å². The second-order valence-corrected chi connectivity index (χ2v) is 6.78. The monoisotopic (exact) mass is 407 g/mol. The Labute approximate surface area is 140 Å². The molecule has 1 amide bonds. The van der Waals surface area contributed by atoms with Gasteiger partial charge in [0.15, 0.2) is 10.4 Å². The molecule has 3 aromatic heterocycles. The number of hydrogen-bond acceptors (Lipinski definition) is 6. The molecule has 0 spiro atoms. The molecule has 0 bridgehead atoms. The van der Waals surface area contributed by atoms with Gasteiger partial charge in [-0.2, -0.15) is 0 Å². The van der Waals surface area contributed by atoms with E-state index in [0.29, 0.717) is 18.9 Å². The van der Waals surface area contributed by atoms with Crippen molar-refractivity contribution in [3.05, 3.63) is 37.3 Å². The zero-order chi connectivity index (χ0) is 15.0. The van der Waals surface area contributed by atoms with Gasteiger partial charge in [0.1, 0.15) is 4.34 Å². The van der Waals surface area contributed by atoms with Crippen LogP contribution >= 0.6 is 50.5 Å². The van der Waals surface area contributed by atoms with Crippen LogP contribution in [0.2, 0.25) is 8.67 Å². The van der Waals surface area contributed by atoms with E-state index in [4.69, 9.17) is 32.0 Å². The Morgan fingerprint density at radius 1 is 1.29 bits per heavy atom. The van der Waals surface area contributed by atoms with Crippen molar-refractivity contribution in [3.8, 4) is 11.5 Å². The van der Waals surface area contributed by atoms with Crippen LogP contribution in [-0.4, -0.2) is 16.1 Å². The molecule has 3 rings (SSSR count). The van der Waals surface area contributed by atoms with Crippen LogP contribution in [0.25, 0.3) is 11.5 Å². The molecular formula is C11H4BrCl2N3O3S. The Hall–Kier alpha value is -1.35. The third-order valence-corrected chi connectivity index (χ3v) is 4.24. The quantitative estimate of drug-likeness (QED) is 0.678. The first-order chi connectivity index (χ1) is 10.0. The van der Waals surface area contributed by atoms with Crippen molar-refractivity contribution < 1.29 is 13.6 Å². The molecule has 0 aliphatic carbocycles. The van der Waals surface area contributed by atoms with Crippen molar-refractivity contribution in [1.29, 1.82) is 0 Å². The lowest BCUT2D eigenvalue weighted by molar-refractivity contribution is 0.0992. The summed E-state index contributed by atoms with van der Waals surface area (Å²) in [6, 6.07) is 4.64. The number of nitrogens with one attached hydrogen (secondary N) is 1. The Bertz CT molecular complexity index is 813. The van der Waals surface area contributed by atoms with Gasteiger partial charge < -0.3 is 8.83 Å². The average molecular weight is 409 g/mol. The van der Waals surface area contributed by atoms with Gasteiger partial charge in [-0.1, -0.05) is 28.3 Å². The molecule has 0 fully saturated rings. The molecule has 0 atom stereocenters. The van der Waals surface area contributed by atoms with Crippen LogP contribution in [-0.2, 0) is 0 Å². The number of anilines is 1. The van der Waals surface area contributed by atoms with Crippen LogP contribution in [0.1, 0.15) is 10.6 Å². The van der Waals surface area contributed by atoms with Gasteiger partial charge in [0.2, 0.25) is 0 Å². The van der Waals surface area contributed by atoms with Crippen LogP contribution < -0.4 is 5.32 Å². The maximum Gasteiger partial charge on any atom is 0.322 e. The van der Waals surface area contributed by atoms with Gasteiger partial charge in [0.25, 0.3) is 11.8 Å². The number of thiophene rings is 1. The highest BCUT2D eigenvalue weighted by molar-refractivity contribution is 9.10. The zero-order valence-corrected chi connectivity index (χ0v) is 13.8. The van der Waals surface area contributed by atoms with Crippen molar-refractivity contribution in [2.75, 3.05) is 5.32 Å². The van der Waals surface area contributed by atoms with Crippen LogP contribution in [0.4, 0.5) is 6.01 Å². The highest BCUT2D eigenvalue weighted by Crippen LogP contribution is 2.37.